The molecule has 15 nitrogen and oxygen atoms in total. The monoisotopic (exact) mass is 1110 g/mol. The zero-order chi connectivity index (χ0) is 59.6. The Morgan fingerprint density at radius 3 is 1.36 bits per heavy atom. The number of esters is 2. The first-order chi connectivity index (χ1) is 37.7. The van der Waals surface area contributed by atoms with Crippen LogP contribution in [0.4, 0.5) is 0 Å². The molecule has 1 saturated heterocycles. The molecule has 6 N–H and O–H groups in total. The lowest BCUT2D eigenvalue weighted by Crippen LogP contribution is -2.55. The van der Waals surface area contributed by atoms with E-state index in [4.69, 9.17) is 23.7 Å². The highest BCUT2D eigenvalue weighted by Gasteiger charge is 2.48. The number of rotatable bonds is 24. The Morgan fingerprint density at radius 2 is 0.988 bits per heavy atom. The van der Waals surface area contributed by atoms with E-state index in [9.17, 15) is 39.6 Å². The van der Waals surface area contributed by atoms with Gasteiger partial charge in [-0.1, -0.05) is 164 Å². The van der Waals surface area contributed by atoms with Crippen LogP contribution in [0.5, 0.6) is 0 Å². The van der Waals surface area contributed by atoms with Gasteiger partial charge in [0, 0.05) is 40.9 Å². The lowest BCUT2D eigenvalue weighted by atomic mass is 9.71. The van der Waals surface area contributed by atoms with Crippen molar-refractivity contribution in [2.24, 2.45) is 22.7 Å². The van der Waals surface area contributed by atoms with Gasteiger partial charge in [-0.3, -0.25) is 9.59 Å². The molecule has 1 heterocycles. The van der Waals surface area contributed by atoms with E-state index in [2.05, 4.69) is 38.3 Å². The van der Waals surface area contributed by atoms with E-state index in [0.717, 1.165) is 28.7 Å². The van der Waals surface area contributed by atoms with Gasteiger partial charge in [-0.2, -0.15) is 0 Å². The minimum atomic E-state index is -1.65. The van der Waals surface area contributed by atoms with Crippen LogP contribution in [0.2, 0.25) is 0 Å². The molecule has 1 aliphatic heterocycles. The van der Waals surface area contributed by atoms with Gasteiger partial charge in [-0.15, -0.1) is 0 Å². The van der Waals surface area contributed by atoms with Gasteiger partial charge in [-0.05, 0) is 101 Å². The van der Waals surface area contributed by atoms with Crippen molar-refractivity contribution in [2.45, 2.75) is 177 Å². The van der Waals surface area contributed by atoms with Gasteiger partial charge in [0.15, 0.2) is 18.5 Å². The van der Waals surface area contributed by atoms with Crippen LogP contribution >= 0.6 is 0 Å². The van der Waals surface area contributed by atoms with Crippen LogP contribution in [-0.2, 0) is 33.3 Å². The summed E-state index contributed by atoms with van der Waals surface area (Å²) < 4.78 is 29.3. The fourth-order valence-corrected chi connectivity index (χ4v) is 10.3. The number of ether oxygens (including phenoxy) is 5. The third kappa shape index (κ3) is 17.2. The van der Waals surface area contributed by atoms with Crippen molar-refractivity contribution in [1.29, 1.82) is 0 Å². The molecule has 80 heavy (non-hydrogen) atoms. The quantitative estimate of drug-likeness (QED) is 0.0285. The number of benzene rings is 4. The summed E-state index contributed by atoms with van der Waals surface area (Å²) in [6.45, 7) is 27.4. The average Bonchev–Trinajstić information content (AvgIpc) is 3.51. The second-order valence-corrected chi connectivity index (χ2v) is 22.3. The van der Waals surface area contributed by atoms with Crippen LogP contribution in [0, 0.1) is 22.7 Å². The molecule has 0 radical (unpaired) electrons. The second-order valence-electron chi connectivity index (χ2n) is 22.3. The van der Waals surface area contributed by atoms with Gasteiger partial charge in [0.25, 0.3) is 11.8 Å². The number of methoxy groups -OCH3 is 1. The van der Waals surface area contributed by atoms with Crippen LogP contribution in [0.15, 0.2) is 144 Å². The first kappa shape index (κ1) is 66.5. The Hall–Kier alpha value is -6.04. The van der Waals surface area contributed by atoms with E-state index in [1.807, 2.05) is 67.5 Å². The lowest BCUT2D eigenvalue weighted by Gasteiger charge is -2.50. The van der Waals surface area contributed by atoms with Crippen LogP contribution < -0.4 is 10.6 Å². The number of carbonyl (C=O) groups excluding carboxylic acids is 4. The van der Waals surface area contributed by atoms with Crippen LogP contribution in [0.3, 0.4) is 0 Å². The Labute approximate surface area is 475 Å². The van der Waals surface area contributed by atoms with E-state index < -0.39 is 84.2 Å². The molecule has 1 aliphatic rings. The van der Waals surface area contributed by atoms with Crippen molar-refractivity contribution < 1.29 is 63.3 Å². The van der Waals surface area contributed by atoms with Crippen molar-refractivity contribution in [2.75, 3.05) is 13.7 Å². The number of carbonyl (C=O) groups is 4. The van der Waals surface area contributed by atoms with Gasteiger partial charge in [0.05, 0.1) is 43.1 Å². The maximum absolute atomic E-state index is 13.3. The zero-order valence-corrected chi connectivity index (χ0v) is 49.6. The summed E-state index contributed by atoms with van der Waals surface area (Å²) in [5, 5.41) is 49.2. The number of aliphatic hydroxyl groups excluding tert-OH is 4. The van der Waals surface area contributed by atoms with Crippen LogP contribution in [0.25, 0.3) is 0 Å². The average molecular weight is 1110 g/mol. The van der Waals surface area contributed by atoms with Crippen LogP contribution in [-0.4, -0.2) is 113 Å². The lowest BCUT2D eigenvalue weighted by molar-refractivity contribution is -0.310. The summed E-state index contributed by atoms with van der Waals surface area (Å²) >= 11 is 0. The van der Waals surface area contributed by atoms with Crippen LogP contribution in [0.1, 0.15) is 154 Å². The first-order valence-electron chi connectivity index (χ1n) is 27.8. The zero-order valence-electron chi connectivity index (χ0n) is 49.6. The molecule has 0 bridgehead atoms. The fourth-order valence-electron chi connectivity index (χ4n) is 10.3. The fraction of sp³-hybridized carbons (Fsp3) is 0.508. The second kappa shape index (κ2) is 30.7. The minimum Gasteiger partial charge on any atom is -0.456 e. The smallest absolute Gasteiger partial charge is 0.338 e. The highest BCUT2D eigenvalue weighted by Crippen LogP contribution is 2.43. The van der Waals surface area contributed by atoms with Crippen molar-refractivity contribution >= 4 is 23.8 Å². The van der Waals surface area contributed by atoms with Crippen molar-refractivity contribution in [1.82, 2.24) is 10.6 Å². The molecule has 438 valence electrons. The molecular formula is C65H90N2O13. The molecule has 15 heteroatoms. The van der Waals surface area contributed by atoms with Gasteiger partial charge >= 0.3 is 11.9 Å². The van der Waals surface area contributed by atoms with Gasteiger partial charge in [0.2, 0.25) is 0 Å². The highest BCUT2D eigenvalue weighted by atomic mass is 16.7. The molecule has 1 unspecified atom stereocenters. The number of nitrogens with one attached hydrogen (secondary N) is 2. The Kier molecular flexibility index (Phi) is 25.5. The molecule has 0 spiro atoms. The SMILES string of the molecule is CC[C@@H]1OC(COC)O[C@@H]([C@@H](C)/C(C)=C(\C)[C@H](C)OC(=O)[C@H](O)[C@@H](NC(=O)c2ccccc2)c2ccccc2)C1(C)C.CC[C@H](O)C(C)(C)[C@@H](O)[C@@H](C)/C(C)=C(\C)[C@H](C)OC(=O)[C@H](O)[C@@H](NC(=O)c1ccccc1)c1ccccc1. The number of aliphatic hydroxyl groups is 4. The number of hydrogen-bond donors (Lipinski definition) is 6. The largest absolute Gasteiger partial charge is 0.456 e. The predicted molar refractivity (Wildman–Crippen MR) is 310 cm³/mol. The topological polar surface area (TPSA) is 219 Å². The number of hydrogen-bond acceptors (Lipinski definition) is 13. The molecular weight excluding hydrogens is 1020 g/mol. The molecule has 0 aromatic heterocycles. The summed E-state index contributed by atoms with van der Waals surface area (Å²) in [6, 6.07) is 32.9. The van der Waals surface area contributed by atoms with Gasteiger partial charge in [0.1, 0.15) is 12.2 Å². The predicted octanol–water partition coefficient (Wildman–Crippen LogP) is 10.2. The molecule has 2 amide bonds. The molecule has 5 rings (SSSR count). The molecule has 0 aliphatic carbocycles. The maximum atomic E-state index is 13.3. The normalized spacial score (nSPS) is 20.6. The minimum absolute atomic E-state index is 0.00151. The standard InChI is InChI=1S/C34H47NO7.C31H43NO6/c1-9-27-34(6,7)31(42-28(41-27)20-39-8)23(4)21(2)22(3)24(5)40-33(38)30(36)29(25-16-12-10-13-17-25)35-32(37)26-18-14-11-15-19-26;1-8-25(33)31(6,7)28(35)21(4)19(2)20(3)22(5)38-30(37)27(34)26(23-15-11-9-12-16-23)32-29(36)24-17-13-10-14-18-24/h10-19,23-24,27-31,36H,9,20H2,1-8H3,(H,35,37);9-18,21-22,25-28,33-35H,8H2,1-7H3,(H,32,36)/b22-21+;20-19+/t23-,24-,27-,28?,29-,30+,31-;21-,22-,25-,26-,27+,28-/m00/s1. The highest BCUT2D eigenvalue weighted by molar-refractivity contribution is 5.95. The van der Waals surface area contributed by atoms with E-state index in [1.165, 1.54) is 0 Å². The summed E-state index contributed by atoms with van der Waals surface area (Å²) in [5.74, 6) is -2.84. The third-order valence-corrected chi connectivity index (χ3v) is 16.3. The van der Waals surface area contributed by atoms with Gasteiger partial charge < -0.3 is 54.7 Å². The molecule has 4 aromatic carbocycles. The summed E-state index contributed by atoms with van der Waals surface area (Å²) in [4.78, 5) is 52.2. The Balaban J connectivity index is 0.000000346. The molecule has 4 aromatic rings. The van der Waals surface area contributed by atoms with Crippen molar-refractivity contribution in [3.63, 3.8) is 0 Å². The van der Waals surface area contributed by atoms with E-state index >= 15 is 0 Å². The van der Waals surface area contributed by atoms with Crippen molar-refractivity contribution in [3.8, 4) is 0 Å². The summed E-state index contributed by atoms with van der Waals surface area (Å²) in [7, 11) is 1.63. The molecule has 1 fully saturated rings. The van der Waals surface area contributed by atoms with E-state index in [0.29, 0.717) is 35.3 Å². The Bertz CT molecular complexity index is 2640. The maximum Gasteiger partial charge on any atom is 0.338 e. The molecule has 0 saturated carbocycles. The third-order valence-electron chi connectivity index (χ3n) is 16.3. The number of amides is 2. The Morgan fingerprint density at radius 1 is 0.600 bits per heavy atom. The first-order valence-corrected chi connectivity index (χ1v) is 27.8. The van der Waals surface area contributed by atoms with E-state index in [1.54, 1.807) is 130 Å². The molecule has 13 atom stereocenters. The summed E-state index contributed by atoms with van der Waals surface area (Å²) in [5.41, 5.74) is 4.46. The van der Waals surface area contributed by atoms with Crippen molar-refractivity contribution in [3.05, 3.63) is 166 Å². The van der Waals surface area contributed by atoms with E-state index in [-0.39, 0.29) is 29.5 Å². The summed E-state index contributed by atoms with van der Waals surface area (Å²) in [6.07, 6.45) is -5.31. The van der Waals surface area contributed by atoms with Gasteiger partial charge in [-0.25, -0.2) is 9.59 Å².